The molecule has 1 rings (SSSR count). The fourth-order valence-electron chi connectivity index (χ4n) is 1.36. The van der Waals surface area contributed by atoms with Crippen molar-refractivity contribution in [1.29, 1.82) is 0 Å². The van der Waals surface area contributed by atoms with Crippen LogP contribution in [0.5, 0.6) is 0 Å². The Kier molecular flexibility index (Phi) is 5.19. The van der Waals surface area contributed by atoms with Gasteiger partial charge >= 0.3 is 0 Å². The summed E-state index contributed by atoms with van der Waals surface area (Å²) in [5.41, 5.74) is 1.22. The lowest BCUT2D eigenvalue weighted by atomic mass is 10.1. The fraction of sp³-hybridized carbons (Fsp3) is 0.545. The summed E-state index contributed by atoms with van der Waals surface area (Å²) >= 11 is 0. The van der Waals surface area contributed by atoms with Crippen LogP contribution in [-0.2, 0) is 11.2 Å². The molecule has 1 aromatic rings. The number of nitrogens with zero attached hydrogens (tertiary/aromatic N) is 1. The first-order valence-corrected chi connectivity index (χ1v) is 4.89. The maximum atomic E-state index is 9.39. The van der Waals surface area contributed by atoms with Gasteiger partial charge in [0, 0.05) is 19.5 Å². The molecular weight excluding hydrogens is 178 g/mol. The molecule has 0 aliphatic heterocycles. The second kappa shape index (κ2) is 6.51. The molecule has 3 heteroatoms. The van der Waals surface area contributed by atoms with Gasteiger partial charge in [-0.05, 0) is 30.9 Å². The van der Waals surface area contributed by atoms with E-state index in [0.717, 1.165) is 19.3 Å². The van der Waals surface area contributed by atoms with Crippen LogP contribution in [0.25, 0.3) is 0 Å². The summed E-state index contributed by atoms with van der Waals surface area (Å²) in [7, 11) is 1.60. The second-order valence-electron chi connectivity index (χ2n) is 3.36. The van der Waals surface area contributed by atoms with E-state index in [-0.39, 0.29) is 6.10 Å². The van der Waals surface area contributed by atoms with E-state index in [2.05, 4.69) is 11.1 Å². The van der Waals surface area contributed by atoms with Crippen LogP contribution in [0.4, 0.5) is 0 Å². The molecule has 0 saturated carbocycles. The highest BCUT2D eigenvalue weighted by molar-refractivity contribution is 5.08. The number of aliphatic hydroxyl groups excluding tert-OH is 1. The predicted octanol–water partition coefficient (Wildman–Crippen LogP) is 1.41. The molecule has 1 atom stereocenters. The fourth-order valence-corrected chi connectivity index (χ4v) is 1.36. The Morgan fingerprint density at radius 2 is 2.43 bits per heavy atom. The summed E-state index contributed by atoms with van der Waals surface area (Å²) in [5.74, 6) is 0. The molecule has 1 N–H and O–H groups in total. The predicted molar refractivity (Wildman–Crippen MR) is 55.1 cm³/mol. The molecule has 0 fully saturated rings. The number of rotatable bonds is 6. The highest BCUT2D eigenvalue weighted by atomic mass is 16.5. The maximum absolute atomic E-state index is 9.39. The topological polar surface area (TPSA) is 42.4 Å². The van der Waals surface area contributed by atoms with Gasteiger partial charge < -0.3 is 9.84 Å². The van der Waals surface area contributed by atoms with E-state index in [9.17, 15) is 5.11 Å². The van der Waals surface area contributed by atoms with Gasteiger partial charge in [0.25, 0.3) is 0 Å². The van der Waals surface area contributed by atoms with Gasteiger partial charge in [0.15, 0.2) is 0 Å². The standard InChI is InChI=1S/C11H17NO2/c1-14-9-11(13)6-2-4-10-5-3-7-12-8-10/h3,5,7-8,11,13H,2,4,6,9H2,1H3. The highest BCUT2D eigenvalue weighted by Crippen LogP contribution is 2.05. The van der Waals surface area contributed by atoms with Crippen LogP contribution in [-0.4, -0.2) is 29.9 Å². The van der Waals surface area contributed by atoms with Crippen molar-refractivity contribution in [2.45, 2.75) is 25.4 Å². The van der Waals surface area contributed by atoms with E-state index in [0.29, 0.717) is 6.61 Å². The quantitative estimate of drug-likeness (QED) is 0.746. The van der Waals surface area contributed by atoms with Crippen molar-refractivity contribution >= 4 is 0 Å². The Morgan fingerprint density at radius 3 is 3.07 bits per heavy atom. The summed E-state index contributed by atoms with van der Waals surface area (Å²) < 4.78 is 4.84. The molecule has 78 valence electrons. The van der Waals surface area contributed by atoms with Gasteiger partial charge in [-0.15, -0.1) is 0 Å². The van der Waals surface area contributed by atoms with E-state index < -0.39 is 0 Å². The SMILES string of the molecule is COCC(O)CCCc1cccnc1. The minimum Gasteiger partial charge on any atom is -0.391 e. The third-order valence-corrected chi connectivity index (χ3v) is 2.08. The number of pyridine rings is 1. The van der Waals surface area contributed by atoms with Gasteiger partial charge in [-0.2, -0.15) is 0 Å². The molecule has 1 heterocycles. The molecule has 0 radical (unpaired) electrons. The first kappa shape index (κ1) is 11.1. The molecule has 0 aliphatic rings. The second-order valence-corrected chi connectivity index (χ2v) is 3.36. The summed E-state index contributed by atoms with van der Waals surface area (Å²) in [5, 5.41) is 9.39. The first-order valence-electron chi connectivity index (χ1n) is 4.89. The van der Waals surface area contributed by atoms with Crippen LogP contribution in [0, 0.1) is 0 Å². The van der Waals surface area contributed by atoms with Crippen molar-refractivity contribution < 1.29 is 9.84 Å². The summed E-state index contributed by atoms with van der Waals surface area (Å²) in [4.78, 5) is 4.03. The Labute approximate surface area is 84.7 Å². The smallest absolute Gasteiger partial charge is 0.0773 e. The Balaban J connectivity index is 2.16. The number of hydrogen-bond acceptors (Lipinski definition) is 3. The Bertz CT molecular complexity index is 238. The number of aromatic nitrogens is 1. The van der Waals surface area contributed by atoms with Crippen LogP contribution in [0.2, 0.25) is 0 Å². The number of aliphatic hydroxyl groups is 1. The molecule has 0 bridgehead atoms. The van der Waals surface area contributed by atoms with Crippen LogP contribution in [0.1, 0.15) is 18.4 Å². The van der Waals surface area contributed by atoms with E-state index in [1.165, 1.54) is 5.56 Å². The zero-order valence-corrected chi connectivity index (χ0v) is 8.52. The third kappa shape index (κ3) is 4.35. The Morgan fingerprint density at radius 1 is 1.57 bits per heavy atom. The van der Waals surface area contributed by atoms with Gasteiger partial charge in [-0.3, -0.25) is 4.98 Å². The molecule has 0 amide bonds. The Hall–Kier alpha value is -0.930. The molecule has 0 aromatic carbocycles. The minimum absolute atomic E-state index is 0.336. The van der Waals surface area contributed by atoms with Gasteiger partial charge in [0.1, 0.15) is 0 Å². The van der Waals surface area contributed by atoms with Crippen LogP contribution >= 0.6 is 0 Å². The lowest BCUT2D eigenvalue weighted by Gasteiger charge is -2.08. The molecule has 1 aromatic heterocycles. The van der Waals surface area contributed by atoms with Crippen molar-refractivity contribution in [1.82, 2.24) is 4.98 Å². The van der Waals surface area contributed by atoms with Gasteiger partial charge in [0.05, 0.1) is 12.7 Å². The monoisotopic (exact) mass is 195 g/mol. The summed E-state index contributed by atoms with van der Waals surface area (Å²) in [6.07, 6.45) is 6.01. The van der Waals surface area contributed by atoms with Gasteiger partial charge in [0.2, 0.25) is 0 Å². The van der Waals surface area contributed by atoms with E-state index >= 15 is 0 Å². The van der Waals surface area contributed by atoms with Crippen molar-refractivity contribution in [3.63, 3.8) is 0 Å². The highest BCUT2D eigenvalue weighted by Gasteiger charge is 2.02. The van der Waals surface area contributed by atoms with Crippen LogP contribution in [0.3, 0.4) is 0 Å². The maximum Gasteiger partial charge on any atom is 0.0773 e. The van der Waals surface area contributed by atoms with Crippen molar-refractivity contribution in [2.24, 2.45) is 0 Å². The largest absolute Gasteiger partial charge is 0.391 e. The number of methoxy groups -OCH3 is 1. The molecular formula is C11H17NO2. The van der Waals surface area contributed by atoms with Crippen LogP contribution < -0.4 is 0 Å². The molecule has 14 heavy (non-hydrogen) atoms. The molecule has 3 nitrogen and oxygen atoms in total. The number of ether oxygens (including phenoxy) is 1. The number of hydrogen-bond donors (Lipinski definition) is 1. The van der Waals surface area contributed by atoms with Crippen molar-refractivity contribution in [3.8, 4) is 0 Å². The van der Waals surface area contributed by atoms with E-state index in [4.69, 9.17) is 4.74 Å². The summed E-state index contributed by atoms with van der Waals surface area (Å²) in [6, 6.07) is 3.98. The summed E-state index contributed by atoms with van der Waals surface area (Å²) in [6.45, 7) is 0.424. The van der Waals surface area contributed by atoms with Crippen LogP contribution in [0.15, 0.2) is 24.5 Å². The molecule has 0 spiro atoms. The van der Waals surface area contributed by atoms with E-state index in [1.54, 1.807) is 13.3 Å². The molecule has 1 unspecified atom stereocenters. The zero-order chi connectivity index (χ0) is 10.2. The molecule has 0 aliphatic carbocycles. The van der Waals surface area contributed by atoms with Gasteiger partial charge in [-0.25, -0.2) is 0 Å². The third-order valence-electron chi connectivity index (χ3n) is 2.08. The number of aryl methyl sites for hydroxylation is 1. The van der Waals surface area contributed by atoms with Crippen molar-refractivity contribution in [2.75, 3.05) is 13.7 Å². The average molecular weight is 195 g/mol. The molecule has 0 saturated heterocycles. The average Bonchev–Trinajstić information content (AvgIpc) is 2.20. The normalized spacial score (nSPS) is 12.7. The zero-order valence-electron chi connectivity index (χ0n) is 8.52. The lowest BCUT2D eigenvalue weighted by Crippen LogP contribution is -2.13. The lowest BCUT2D eigenvalue weighted by molar-refractivity contribution is 0.0581. The van der Waals surface area contributed by atoms with Gasteiger partial charge in [-0.1, -0.05) is 6.07 Å². The van der Waals surface area contributed by atoms with E-state index in [1.807, 2.05) is 12.3 Å². The minimum atomic E-state index is -0.336. The van der Waals surface area contributed by atoms with Crippen molar-refractivity contribution in [3.05, 3.63) is 30.1 Å². The first-order chi connectivity index (χ1) is 6.83.